The van der Waals surface area contributed by atoms with E-state index in [1.54, 1.807) is 6.07 Å². The summed E-state index contributed by atoms with van der Waals surface area (Å²) >= 11 is 6.49. The fraction of sp³-hybridized carbons (Fsp3) is 0. The van der Waals surface area contributed by atoms with Gasteiger partial charge in [0.2, 0.25) is 0 Å². The van der Waals surface area contributed by atoms with E-state index in [0.29, 0.717) is 11.1 Å². The largest absolute Gasteiger partial charge is 0.417 e. The van der Waals surface area contributed by atoms with Crippen molar-refractivity contribution in [3.05, 3.63) is 38.1 Å². The van der Waals surface area contributed by atoms with Crippen LogP contribution in [0.25, 0.3) is 22.4 Å². The molecule has 0 unspecified atom stereocenters. The molecule has 0 amide bonds. The van der Waals surface area contributed by atoms with Gasteiger partial charge in [0.25, 0.3) is 0 Å². The fourth-order valence-electron chi connectivity index (χ4n) is 1.53. The van der Waals surface area contributed by atoms with Crippen LogP contribution in [-0.4, -0.2) is 9.97 Å². The molecule has 2 aromatic heterocycles. The van der Waals surface area contributed by atoms with Crippen LogP contribution in [0.15, 0.2) is 32.8 Å². The van der Waals surface area contributed by atoms with Gasteiger partial charge in [-0.2, -0.15) is 0 Å². The Balaban J connectivity index is 2.25. The van der Waals surface area contributed by atoms with Crippen LogP contribution in [0.5, 0.6) is 0 Å². The summed E-state index contributed by atoms with van der Waals surface area (Å²) < 4.78 is 5.72. The first-order valence-electron chi connectivity index (χ1n) is 4.53. The minimum Gasteiger partial charge on any atom is -0.408 e. The van der Waals surface area contributed by atoms with Gasteiger partial charge in [-0.3, -0.25) is 4.98 Å². The number of hydrogen-bond acceptors (Lipinski definition) is 4. The van der Waals surface area contributed by atoms with Gasteiger partial charge in [0.1, 0.15) is 0 Å². The van der Waals surface area contributed by atoms with Gasteiger partial charge in [0, 0.05) is 10.9 Å². The number of oxazole rings is 1. The van der Waals surface area contributed by atoms with Gasteiger partial charge in [-0.25, -0.2) is 4.79 Å². The third-order valence-corrected chi connectivity index (χ3v) is 3.31. The van der Waals surface area contributed by atoms with E-state index in [2.05, 4.69) is 9.97 Å². The zero-order valence-corrected chi connectivity index (χ0v) is 9.58. The number of fused-ring (bicyclic) bond motifs is 1. The highest BCUT2D eigenvalue weighted by Gasteiger charge is 2.04. The molecule has 3 aromatic rings. The molecular weight excluding hydrogens is 244 g/mol. The maximum atomic E-state index is 11.0. The molecule has 0 aliphatic carbocycles. The number of aromatic amines is 2. The molecule has 0 atom stereocenters. The van der Waals surface area contributed by atoms with Crippen molar-refractivity contribution in [2.45, 2.75) is 0 Å². The molecule has 16 heavy (non-hydrogen) atoms. The Morgan fingerprint density at radius 2 is 2.19 bits per heavy atom. The predicted octanol–water partition coefficient (Wildman–Crippen LogP) is 2.91. The molecule has 0 saturated heterocycles. The number of rotatable bonds is 1. The molecule has 3 rings (SSSR count). The number of thiazole rings is 1. The van der Waals surface area contributed by atoms with Crippen molar-refractivity contribution in [1.82, 2.24) is 9.97 Å². The van der Waals surface area contributed by atoms with Crippen LogP contribution in [0.4, 0.5) is 0 Å². The van der Waals surface area contributed by atoms with E-state index in [9.17, 15) is 4.79 Å². The normalized spacial score (nSPS) is 11.0. The van der Waals surface area contributed by atoms with Crippen molar-refractivity contribution in [3.8, 4) is 11.3 Å². The van der Waals surface area contributed by atoms with Crippen LogP contribution in [0.1, 0.15) is 0 Å². The quantitative estimate of drug-likeness (QED) is 0.653. The van der Waals surface area contributed by atoms with E-state index in [1.165, 1.54) is 11.3 Å². The van der Waals surface area contributed by atoms with Crippen LogP contribution in [0.3, 0.4) is 0 Å². The third-order valence-electron chi connectivity index (χ3n) is 2.25. The number of aromatic nitrogens is 2. The Morgan fingerprint density at radius 3 is 2.94 bits per heavy atom. The molecule has 4 nitrogen and oxygen atoms in total. The molecule has 1 aromatic carbocycles. The Hall–Kier alpha value is -1.66. The van der Waals surface area contributed by atoms with Crippen LogP contribution >= 0.6 is 23.6 Å². The predicted molar refractivity (Wildman–Crippen MR) is 65.3 cm³/mol. The average Bonchev–Trinajstić information content (AvgIpc) is 2.81. The SMILES string of the molecule is O=c1[nH]c2ccc(-c3csc(=S)[nH]3)cc2o1. The first-order chi connectivity index (χ1) is 7.72. The summed E-state index contributed by atoms with van der Waals surface area (Å²) in [5, 5.41) is 1.94. The van der Waals surface area contributed by atoms with E-state index in [1.807, 2.05) is 17.5 Å². The zero-order chi connectivity index (χ0) is 11.1. The van der Waals surface area contributed by atoms with E-state index >= 15 is 0 Å². The Bertz CT molecular complexity index is 763. The lowest BCUT2D eigenvalue weighted by molar-refractivity contribution is 0.555. The van der Waals surface area contributed by atoms with Crippen molar-refractivity contribution in [3.63, 3.8) is 0 Å². The van der Waals surface area contributed by atoms with Gasteiger partial charge in [-0.1, -0.05) is 6.07 Å². The summed E-state index contributed by atoms with van der Waals surface area (Å²) in [7, 11) is 0. The van der Waals surface area contributed by atoms with Crippen LogP contribution in [0, 0.1) is 3.95 Å². The van der Waals surface area contributed by atoms with Gasteiger partial charge in [-0.05, 0) is 24.4 Å². The summed E-state index contributed by atoms with van der Waals surface area (Å²) in [4.78, 5) is 16.7. The van der Waals surface area contributed by atoms with E-state index in [0.717, 1.165) is 15.2 Å². The van der Waals surface area contributed by atoms with E-state index in [-0.39, 0.29) is 0 Å². The molecule has 6 heteroatoms. The minimum absolute atomic E-state index is 0.439. The lowest BCUT2D eigenvalue weighted by Gasteiger charge is -1.95. The zero-order valence-electron chi connectivity index (χ0n) is 7.94. The lowest BCUT2D eigenvalue weighted by atomic mass is 10.1. The van der Waals surface area contributed by atoms with Crippen molar-refractivity contribution in [2.75, 3.05) is 0 Å². The summed E-state index contributed by atoms with van der Waals surface area (Å²) in [6.45, 7) is 0. The van der Waals surface area contributed by atoms with Crippen molar-refractivity contribution in [2.24, 2.45) is 0 Å². The standard InChI is InChI=1S/C10H6N2O2S2/c13-9-11-6-2-1-5(3-8(6)14-9)7-4-16-10(15)12-7/h1-4H,(H,11,13)(H,12,15). The number of nitrogens with one attached hydrogen (secondary N) is 2. The molecule has 2 N–H and O–H groups in total. The Kier molecular flexibility index (Phi) is 2.05. The second-order valence-electron chi connectivity index (χ2n) is 3.29. The molecule has 0 spiro atoms. The van der Waals surface area contributed by atoms with Gasteiger partial charge in [0.05, 0.1) is 11.2 Å². The van der Waals surface area contributed by atoms with E-state index < -0.39 is 5.76 Å². The highest BCUT2D eigenvalue weighted by Crippen LogP contribution is 2.23. The van der Waals surface area contributed by atoms with Crippen molar-refractivity contribution >= 4 is 34.7 Å². The van der Waals surface area contributed by atoms with Gasteiger partial charge in [-0.15, -0.1) is 11.3 Å². The highest BCUT2D eigenvalue weighted by atomic mass is 32.1. The third kappa shape index (κ3) is 1.52. The Labute approximate surface area is 98.6 Å². The number of benzene rings is 1. The summed E-state index contributed by atoms with van der Waals surface area (Å²) in [5.41, 5.74) is 3.12. The molecule has 0 aliphatic heterocycles. The smallest absolute Gasteiger partial charge is 0.408 e. The average molecular weight is 250 g/mol. The topological polar surface area (TPSA) is 61.8 Å². The maximum absolute atomic E-state index is 11.0. The van der Waals surface area contributed by atoms with Gasteiger partial charge >= 0.3 is 5.76 Å². The second-order valence-corrected chi connectivity index (χ2v) is 4.83. The first kappa shape index (κ1) is 9.56. The Morgan fingerprint density at radius 1 is 1.31 bits per heavy atom. The lowest BCUT2D eigenvalue weighted by Crippen LogP contribution is -1.92. The number of H-pyrrole nitrogens is 2. The van der Waals surface area contributed by atoms with Crippen molar-refractivity contribution in [1.29, 1.82) is 0 Å². The second kappa shape index (κ2) is 3.43. The molecule has 0 bridgehead atoms. The van der Waals surface area contributed by atoms with Crippen LogP contribution in [-0.2, 0) is 0 Å². The number of hydrogen-bond donors (Lipinski definition) is 2. The summed E-state index contributed by atoms with van der Waals surface area (Å²) in [5.74, 6) is -0.439. The first-order valence-corrected chi connectivity index (χ1v) is 5.82. The fourth-order valence-corrected chi connectivity index (χ4v) is 2.38. The molecule has 0 saturated carbocycles. The molecule has 2 heterocycles. The molecule has 0 aliphatic rings. The molecule has 80 valence electrons. The highest BCUT2D eigenvalue weighted by molar-refractivity contribution is 7.73. The van der Waals surface area contributed by atoms with Crippen LogP contribution < -0.4 is 5.76 Å². The molecule has 0 radical (unpaired) electrons. The minimum atomic E-state index is -0.439. The van der Waals surface area contributed by atoms with Crippen molar-refractivity contribution < 1.29 is 4.42 Å². The molecule has 0 fully saturated rings. The van der Waals surface area contributed by atoms with E-state index in [4.69, 9.17) is 16.6 Å². The molecular formula is C10H6N2O2S2. The van der Waals surface area contributed by atoms with Gasteiger partial charge < -0.3 is 9.40 Å². The van der Waals surface area contributed by atoms with Gasteiger partial charge in [0.15, 0.2) is 9.54 Å². The van der Waals surface area contributed by atoms with Crippen LogP contribution in [0.2, 0.25) is 0 Å². The summed E-state index contributed by atoms with van der Waals surface area (Å²) in [6, 6.07) is 5.52. The monoisotopic (exact) mass is 250 g/mol. The maximum Gasteiger partial charge on any atom is 0.417 e. The summed E-state index contributed by atoms with van der Waals surface area (Å²) in [6.07, 6.45) is 0.